The molecule has 21 heavy (non-hydrogen) atoms. The highest BCUT2D eigenvalue weighted by Gasteiger charge is 2.15. The summed E-state index contributed by atoms with van der Waals surface area (Å²) in [5, 5.41) is 2.80. The summed E-state index contributed by atoms with van der Waals surface area (Å²) in [5.74, 6) is -2.04. The lowest BCUT2D eigenvalue weighted by molar-refractivity contribution is 0.0939. The fourth-order valence-electron chi connectivity index (χ4n) is 2.14. The van der Waals surface area contributed by atoms with E-state index in [9.17, 15) is 13.6 Å². The molecule has 0 aliphatic carbocycles. The van der Waals surface area contributed by atoms with Gasteiger partial charge in [-0.1, -0.05) is 18.2 Å². The van der Waals surface area contributed by atoms with Crippen LogP contribution in [0.3, 0.4) is 0 Å². The van der Waals surface area contributed by atoms with Gasteiger partial charge in [-0.05, 0) is 55.7 Å². The quantitative estimate of drug-likeness (QED) is 0.906. The molecular formula is C17H17F2NO. The molecule has 2 aromatic carbocycles. The van der Waals surface area contributed by atoms with E-state index in [1.54, 1.807) is 13.0 Å². The van der Waals surface area contributed by atoms with Crippen LogP contribution in [-0.4, -0.2) is 5.91 Å². The second kappa shape index (κ2) is 6.04. The van der Waals surface area contributed by atoms with Gasteiger partial charge >= 0.3 is 0 Å². The molecular weight excluding hydrogens is 272 g/mol. The smallest absolute Gasteiger partial charge is 0.252 e. The number of nitrogens with one attached hydrogen (secondary N) is 1. The Labute approximate surface area is 122 Å². The van der Waals surface area contributed by atoms with E-state index < -0.39 is 17.7 Å². The second-order valence-corrected chi connectivity index (χ2v) is 5.12. The molecule has 0 aliphatic heterocycles. The number of carbonyl (C=O) groups is 1. The summed E-state index contributed by atoms with van der Waals surface area (Å²) in [6, 6.07) is 8.72. The fourth-order valence-corrected chi connectivity index (χ4v) is 2.14. The molecule has 1 N–H and O–H groups in total. The van der Waals surface area contributed by atoms with E-state index in [-0.39, 0.29) is 5.91 Å². The Balaban J connectivity index is 2.18. The van der Waals surface area contributed by atoms with Crippen molar-refractivity contribution in [3.8, 4) is 0 Å². The molecule has 4 heteroatoms. The van der Waals surface area contributed by atoms with Gasteiger partial charge in [0.05, 0.1) is 6.04 Å². The number of rotatable bonds is 3. The minimum atomic E-state index is -0.916. The lowest BCUT2D eigenvalue weighted by Crippen LogP contribution is -2.27. The van der Waals surface area contributed by atoms with Crippen molar-refractivity contribution in [1.29, 1.82) is 0 Å². The largest absolute Gasteiger partial charge is 0.346 e. The molecule has 0 fully saturated rings. The van der Waals surface area contributed by atoms with Crippen LogP contribution in [-0.2, 0) is 0 Å². The molecule has 0 heterocycles. The number of hydrogen-bond acceptors (Lipinski definition) is 1. The molecule has 0 aromatic heterocycles. The van der Waals surface area contributed by atoms with E-state index in [0.717, 1.165) is 23.3 Å². The fraction of sp³-hybridized carbons (Fsp3) is 0.235. The van der Waals surface area contributed by atoms with Crippen molar-refractivity contribution in [2.24, 2.45) is 0 Å². The van der Waals surface area contributed by atoms with Gasteiger partial charge in [0.2, 0.25) is 0 Å². The van der Waals surface area contributed by atoms with Gasteiger partial charge in [0, 0.05) is 5.56 Å². The maximum absolute atomic E-state index is 13.2. The van der Waals surface area contributed by atoms with Gasteiger partial charge in [-0.2, -0.15) is 0 Å². The van der Waals surface area contributed by atoms with Crippen LogP contribution in [0.4, 0.5) is 8.78 Å². The van der Waals surface area contributed by atoms with Crippen molar-refractivity contribution in [3.05, 3.63) is 70.3 Å². The molecule has 0 aliphatic rings. The average Bonchev–Trinajstić information content (AvgIpc) is 2.44. The van der Waals surface area contributed by atoms with Crippen LogP contribution in [0.1, 0.15) is 40.0 Å². The third-order valence-electron chi connectivity index (χ3n) is 3.64. The summed E-state index contributed by atoms with van der Waals surface area (Å²) in [4.78, 5) is 12.3. The van der Waals surface area contributed by atoms with Gasteiger partial charge in [-0.3, -0.25) is 4.79 Å². The van der Waals surface area contributed by atoms with Gasteiger partial charge in [0.15, 0.2) is 11.6 Å². The Hall–Kier alpha value is -2.23. The van der Waals surface area contributed by atoms with E-state index in [4.69, 9.17) is 0 Å². The molecule has 2 aromatic rings. The van der Waals surface area contributed by atoms with Crippen molar-refractivity contribution in [3.63, 3.8) is 0 Å². The molecule has 110 valence electrons. The van der Waals surface area contributed by atoms with Crippen LogP contribution in [0, 0.1) is 25.5 Å². The Bertz CT molecular complexity index is 682. The van der Waals surface area contributed by atoms with Crippen LogP contribution in [0.25, 0.3) is 0 Å². The van der Waals surface area contributed by atoms with Crippen LogP contribution >= 0.6 is 0 Å². The van der Waals surface area contributed by atoms with Crippen molar-refractivity contribution in [2.45, 2.75) is 26.8 Å². The number of hydrogen-bond donors (Lipinski definition) is 1. The van der Waals surface area contributed by atoms with Gasteiger partial charge in [-0.15, -0.1) is 0 Å². The zero-order valence-corrected chi connectivity index (χ0v) is 12.2. The topological polar surface area (TPSA) is 29.1 Å². The van der Waals surface area contributed by atoms with E-state index in [1.807, 2.05) is 26.0 Å². The summed E-state index contributed by atoms with van der Waals surface area (Å²) in [7, 11) is 0. The first-order valence-corrected chi connectivity index (χ1v) is 6.72. The lowest BCUT2D eigenvalue weighted by atomic mass is 10.0. The molecule has 2 rings (SSSR count). The maximum atomic E-state index is 13.2. The molecule has 0 spiro atoms. The molecule has 1 unspecified atom stereocenters. The Morgan fingerprint density at radius 1 is 1.10 bits per heavy atom. The first-order chi connectivity index (χ1) is 9.90. The standard InChI is InChI=1S/C17H17F2NO/c1-10-5-4-6-14(11(10)2)17(21)20-12(3)13-7-8-15(18)16(19)9-13/h4-9,12H,1-3H3,(H,20,21). The monoisotopic (exact) mass is 289 g/mol. The lowest BCUT2D eigenvalue weighted by Gasteiger charge is -2.16. The number of amides is 1. The highest BCUT2D eigenvalue weighted by atomic mass is 19.2. The summed E-state index contributed by atoms with van der Waals surface area (Å²) >= 11 is 0. The Morgan fingerprint density at radius 2 is 1.81 bits per heavy atom. The summed E-state index contributed by atoms with van der Waals surface area (Å²) in [6.45, 7) is 5.55. The molecule has 0 saturated heterocycles. The minimum Gasteiger partial charge on any atom is -0.346 e. The third kappa shape index (κ3) is 3.27. The zero-order valence-electron chi connectivity index (χ0n) is 12.2. The maximum Gasteiger partial charge on any atom is 0.252 e. The van der Waals surface area contributed by atoms with Gasteiger partial charge in [-0.25, -0.2) is 8.78 Å². The molecule has 2 nitrogen and oxygen atoms in total. The first-order valence-electron chi connectivity index (χ1n) is 6.72. The first kappa shape index (κ1) is 15.2. The summed E-state index contributed by atoms with van der Waals surface area (Å²) in [5.41, 5.74) is 3.05. The number of halogens is 2. The number of aryl methyl sites for hydroxylation is 1. The predicted octanol–water partition coefficient (Wildman–Crippen LogP) is 4.07. The van der Waals surface area contributed by atoms with Crippen LogP contribution in [0.2, 0.25) is 0 Å². The van der Waals surface area contributed by atoms with E-state index in [1.165, 1.54) is 6.07 Å². The van der Waals surface area contributed by atoms with Gasteiger partial charge in [0.25, 0.3) is 5.91 Å². The molecule has 0 saturated carbocycles. The summed E-state index contributed by atoms with van der Waals surface area (Å²) in [6.07, 6.45) is 0. The Morgan fingerprint density at radius 3 is 2.48 bits per heavy atom. The van der Waals surface area contributed by atoms with Crippen LogP contribution < -0.4 is 5.32 Å². The molecule has 1 amide bonds. The number of benzene rings is 2. The molecule has 1 atom stereocenters. The minimum absolute atomic E-state index is 0.228. The normalized spacial score (nSPS) is 12.0. The van der Waals surface area contributed by atoms with E-state index in [0.29, 0.717) is 11.1 Å². The van der Waals surface area contributed by atoms with E-state index >= 15 is 0 Å². The van der Waals surface area contributed by atoms with Crippen molar-refractivity contribution in [2.75, 3.05) is 0 Å². The third-order valence-corrected chi connectivity index (χ3v) is 3.64. The predicted molar refractivity (Wildman–Crippen MR) is 78.2 cm³/mol. The van der Waals surface area contributed by atoms with Crippen LogP contribution in [0.5, 0.6) is 0 Å². The number of carbonyl (C=O) groups excluding carboxylic acids is 1. The Kier molecular flexibility index (Phi) is 4.36. The highest BCUT2D eigenvalue weighted by Crippen LogP contribution is 2.18. The zero-order chi connectivity index (χ0) is 15.6. The average molecular weight is 289 g/mol. The highest BCUT2D eigenvalue weighted by molar-refractivity contribution is 5.96. The van der Waals surface area contributed by atoms with Gasteiger partial charge < -0.3 is 5.32 Å². The summed E-state index contributed by atoms with van der Waals surface area (Å²) < 4.78 is 26.2. The molecule has 0 bridgehead atoms. The van der Waals surface area contributed by atoms with Gasteiger partial charge in [0.1, 0.15) is 0 Å². The van der Waals surface area contributed by atoms with Crippen molar-refractivity contribution < 1.29 is 13.6 Å². The van der Waals surface area contributed by atoms with Crippen molar-refractivity contribution in [1.82, 2.24) is 5.32 Å². The SMILES string of the molecule is Cc1cccc(C(=O)NC(C)c2ccc(F)c(F)c2)c1C. The van der Waals surface area contributed by atoms with Crippen molar-refractivity contribution >= 4 is 5.91 Å². The van der Waals surface area contributed by atoms with Crippen LogP contribution in [0.15, 0.2) is 36.4 Å². The second-order valence-electron chi connectivity index (χ2n) is 5.12. The van der Waals surface area contributed by atoms with E-state index in [2.05, 4.69) is 5.32 Å². The molecule has 0 radical (unpaired) electrons.